The fourth-order valence-electron chi connectivity index (χ4n) is 2.36. The van der Waals surface area contributed by atoms with Crippen LogP contribution in [0.4, 0.5) is 6.01 Å². The van der Waals surface area contributed by atoms with E-state index in [2.05, 4.69) is 17.2 Å². The third kappa shape index (κ3) is 2.84. The van der Waals surface area contributed by atoms with Crippen LogP contribution in [0.1, 0.15) is 43.1 Å². The van der Waals surface area contributed by atoms with E-state index in [1.807, 2.05) is 0 Å². The molecule has 0 unspecified atom stereocenters. The van der Waals surface area contributed by atoms with Gasteiger partial charge in [0.15, 0.2) is 5.69 Å². The van der Waals surface area contributed by atoms with Gasteiger partial charge in [-0.3, -0.25) is 14.9 Å². The Morgan fingerprint density at radius 2 is 2.00 bits per heavy atom. The Morgan fingerprint density at radius 1 is 1.30 bits per heavy atom. The van der Waals surface area contributed by atoms with Crippen LogP contribution in [-0.4, -0.2) is 34.8 Å². The third-order valence-corrected chi connectivity index (χ3v) is 3.97. The molecule has 2 fully saturated rings. The fraction of sp³-hybridized carbons (Fsp3) is 0.643. The molecule has 1 aromatic heterocycles. The number of anilines is 1. The first-order valence-electron chi connectivity index (χ1n) is 7.19. The Balaban J connectivity index is 1.60. The quantitative estimate of drug-likeness (QED) is 0.915. The zero-order valence-corrected chi connectivity index (χ0v) is 11.6. The summed E-state index contributed by atoms with van der Waals surface area (Å²) in [6.45, 7) is 3.72. The first-order chi connectivity index (χ1) is 9.63. The smallest absolute Gasteiger partial charge is 0.302 e. The van der Waals surface area contributed by atoms with Gasteiger partial charge < -0.3 is 9.32 Å². The molecule has 1 N–H and O–H groups in total. The lowest BCUT2D eigenvalue weighted by Crippen LogP contribution is -2.38. The number of aromatic nitrogens is 1. The summed E-state index contributed by atoms with van der Waals surface area (Å²) in [5.41, 5.74) is 0.269. The topological polar surface area (TPSA) is 75.4 Å². The maximum absolute atomic E-state index is 12.2. The lowest BCUT2D eigenvalue weighted by Gasteiger charge is -2.29. The number of oxazole rings is 1. The average Bonchev–Trinajstić information content (AvgIpc) is 3.20. The van der Waals surface area contributed by atoms with Gasteiger partial charge in [0.05, 0.1) is 0 Å². The van der Waals surface area contributed by atoms with E-state index in [1.54, 1.807) is 4.90 Å². The highest BCUT2D eigenvalue weighted by Crippen LogP contribution is 2.30. The van der Waals surface area contributed by atoms with E-state index in [4.69, 9.17) is 4.42 Å². The number of carbonyl (C=O) groups excluding carboxylic acids is 2. The Kier molecular flexibility index (Phi) is 3.46. The molecule has 2 heterocycles. The normalized spacial score (nSPS) is 19.9. The van der Waals surface area contributed by atoms with Crippen molar-refractivity contribution in [3.05, 3.63) is 12.0 Å². The van der Waals surface area contributed by atoms with E-state index in [-0.39, 0.29) is 29.4 Å². The van der Waals surface area contributed by atoms with Crippen molar-refractivity contribution in [2.75, 3.05) is 18.4 Å². The van der Waals surface area contributed by atoms with Crippen LogP contribution in [0.15, 0.2) is 10.7 Å². The van der Waals surface area contributed by atoms with Gasteiger partial charge in [-0.15, -0.1) is 0 Å². The highest BCUT2D eigenvalue weighted by molar-refractivity contribution is 5.94. The van der Waals surface area contributed by atoms with Gasteiger partial charge in [-0.25, -0.2) is 0 Å². The maximum Gasteiger partial charge on any atom is 0.302 e. The average molecular weight is 277 g/mol. The molecule has 1 aliphatic heterocycles. The van der Waals surface area contributed by atoms with Crippen LogP contribution < -0.4 is 5.32 Å². The molecule has 6 heteroatoms. The lowest BCUT2D eigenvalue weighted by molar-refractivity contribution is -0.117. The van der Waals surface area contributed by atoms with E-state index in [0.717, 1.165) is 38.8 Å². The number of likely N-dealkylation sites (tertiary alicyclic amines) is 1. The van der Waals surface area contributed by atoms with E-state index in [0.29, 0.717) is 5.92 Å². The van der Waals surface area contributed by atoms with Gasteiger partial charge in [-0.2, -0.15) is 4.98 Å². The van der Waals surface area contributed by atoms with E-state index in [1.165, 1.54) is 6.26 Å². The zero-order valence-electron chi connectivity index (χ0n) is 11.6. The Hall–Kier alpha value is -1.85. The minimum absolute atomic E-state index is 0.0716. The highest BCUT2D eigenvalue weighted by Gasteiger charge is 2.31. The van der Waals surface area contributed by atoms with Gasteiger partial charge in [-0.1, -0.05) is 6.92 Å². The number of amides is 2. The number of nitrogens with one attached hydrogen (secondary N) is 1. The Morgan fingerprint density at radius 3 is 2.65 bits per heavy atom. The molecule has 6 nitrogen and oxygen atoms in total. The lowest BCUT2D eigenvalue weighted by atomic mass is 9.99. The maximum atomic E-state index is 12.2. The van der Waals surface area contributed by atoms with Crippen molar-refractivity contribution in [3.63, 3.8) is 0 Å². The van der Waals surface area contributed by atoms with Crippen molar-refractivity contribution >= 4 is 17.8 Å². The second kappa shape index (κ2) is 5.26. The largest absolute Gasteiger partial charge is 0.431 e. The van der Waals surface area contributed by atoms with Crippen molar-refractivity contribution in [2.24, 2.45) is 11.8 Å². The summed E-state index contributed by atoms with van der Waals surface area (Å²) in [7, 11) is 0. The standard InChI is InChI=1S/C14H19N3O3/c1-9-4-6-17(7-5-9)13(19)11-8-20-14(15-11)16-12(18)10-2-3-10/h8-10H,2-7H2,1H3,(H,15,16,18). The van der Waals surface area contributed by atoms with Gasteiger partial charge in [-0.05, 0) is 31.6 Å². The van der Waals surface area contributed by atoms with Gasteiger partial charge in [0.2, 0.25) is 5.91 Å². The van der Waals surface area contributed by atoms with Crippen molar-refractivity contribution < 1.29 is 14.0 Å². The molecule has 0 atom stereocenters. The van der Waals surface area contributed by atoms with Crippen LogP contribution in [0, 0.1) is 11.8 Å². The molecule has 0 bridgehead atoms. The molecule has 2 aliphatic rings. The van der Waals surface area contributed by atoms with Gasteiger partial charge in [0, 0.05) is 19.0 Å². The zero-order chi connectivity index (χ0) is 14.1. The first kappa shape index (κ1) is 13.1. The van der Waals surface area contributed by atoms with Gasteiger partial charge in [0.25, 0.3) is 5.91 Å². The Bertz CT molecular complexity index is 513. The summed E-state index contributed by atoms with van der Waals surface area (Å²) in [5, 5.41) is 2.60. The van der Waals surface area contributed by atoms with Crippen molar-refractivity contribution in [3.8, 4) is 0 Å². The summed E-state index contributed by atoms with van der Waals surface area (Å²) in [5.74, 6) is 0.569. The second-order valence-electron chi connectivity index (χ2n) is 5.78. The summed E-state index contributed by atoms with van der Waals surface area (Å²) < 4.78 is 5.16. The molecule has 20 heavy (non-hydrogen) atoms. The molecule has 1 saturated heterocycles. The predicted molar refractivity (Wildman–Crippen MR) is 72.2 cm³/mol. The molecule has 0 radical (unpaired) electrons. The second-order valence-corrected chi connectivity index (χ2v) is 5.78. The van der Waals surface area contributed by atoms with Crippen molar-refractivity contribution in [2.45, 2.75) is 32.6 Å². The minimum atomic E-state index is -0.118. The molecule has 2 amide bonds. The van der Waals surface area contributed by atoms with Crippen LogP contribution in [0.25, 0.3) is 0 Å². The molecule has 0 aromatic carbocycles. The predicted octanol–water partition coefficient (Wildman–Crippen LogP) is 1.90. The van der Waals surface area contributed by atoms with E-state index >= 15 is 0 Å². The van der Waals surface area contributed by atoms with Crippen LogP contribution in [0.5, 0.6) is 0 Å². The third-order valence-electron chi connectivity index (χ3n) is 3.97. The SMILES string of the molecule is CC1CCN(C(=O)c2coc(NC(=O)C3CC3)n2)CC1. The summed E-state index contributed by atoms with van der Waals surface area (Å²) >= 11 is 0. The van der Waals surface area contributed by atoms with E-state index < -0.39 is 0 Å². The number of hydrogen-bond acceptors (Lipinski definition) is 4. The van der Waals surface area contributed by atoms with Crippen LogP contribution >= 0.6 is 0 Å². The number of hydrogen-bond donors (Lipinski definition) is 1. The van der Waals surface area contributed by atoms with Gasteiger partial charge >= 0.3 is 6.01 Å². The first-order valence-corrected chi connectivity index (χ1v) is 7.19. The molecular formula is C14H19N3O3. The van der Waals surface area contributed by atoms with Crippen molar-refractivity contribution in [1.82, 2.24) is 9.88 Å². The van der Waals surface area contributed by atoms with E-state index in [9.17, 15) is 9.59 Å². The number of carbonyl (C=O) groups is 2. The molecule has 108 valence electrons. The molecular weight excluding hydrogens is 258 g/mol. The monoisotopic (exact) mass is 277 g/mol. The molecule has 1 aromatic rings. The fourth-order valence-corrected chi connectivity index (χ4v) is 2.36. The molecule has 1 aliphatic carbocycles. The van der Waals surface area contributed by atoms with Crippen molar-refractivity contribution in [1.29, 1.82) is 0 Å². The van der Waals surface area contributed by atoms with Crippen LogP contribution in [0.3, 0.4) is 0 Å². The molecule has 3 rings (SSSR count). The summed E-state index contributed by atoms with van der Waals surface area (Å²) in [6.07, 6.45) is 5.21. The number of piperidine rings is 1. The minimum Gasteiger partial charge on any atom is -0.431 e. The number of rotatable bonds is 3. The summed E-state index contributed by atoms with van der Waals surface area (Å²) in [4.78, 5) is 29.7. The molecule has 1 saturated carbocycles. The van der Waals surface area contributed by atoms with Crippen LogP contribution in [-0.2, 0) is 4.79 Å². The highest BCUT2D eigenvalue weighted by atomic mass is 16.4. The van der Waals surface area contributed by atoms with Gasteiger partial charge in [0.1, 0.15) is 6.26 Å². The molecule has 0 spiro atoms. The Labute approximate surface area is 117 Å². The summed E-state index contributed by atoms with van der Waals surface area (Å²) in [6, 6.07) is 0.121. The van der Waals surface area contributed by atoms with Crippen LogP contribution in [0.2, 0.25) is 0 Å². The number of nitrogens with zero attached hydrogens (tertiary/aromatic N) is 2.